The van der Waals surface area contributed by atoms with Crippen LogP contribution in [-0.2, 0) is 0 Å². The molecule has 2 N–H and O–H groups in total. The monoisotopic (exact) mass is 352 g/mol. The molecule has 3 aromatic carbocycles. The van der Waals surface area contributed by atoms with Crippen molar-refractivity contribution in [2.45, 2.75) is 0 Å². The minimum absolute atomic E-state index is 0.170. The van der Waals surface area contributed by atoms with Gasteiger partial charge in [-0.2, -0.15) is 0 Å². The summed E-state index contributed by atoms with van der Waals surface area (Å²) >= 11 is 0. The lowest BCUT2D eigenvalue weighted by Gasteiger charge is -2.10. The van der Waals surface area contributed by atoms with E-state index >= 15 is 0 Å². The van der Waals surface area contributed by atoms with Crippen LogP contribution in [0.2, 0.25) is 0 Å². The first-order valence-corrected chi connectivity index (χ1v) is 8.67. The van der Waals surface area contributed by atoms with Crippen LogP contribution in [0.15, 0.2) is 91.0 Å². The Hall–Kier alpha value is -3.28. The van der Waals surface area contributed by atoms with E-state index in [4.69, 9.17) is 0 Å². The van der Waals surface area contributed by atoms with E-state index in [-0.39, 0.29) is 5.59 Å². The normalized spacial score (nSPS) is 10.6. The van der Waals surface area contributed by atoms with Crippen molar-refractivity contribution >= 4 is 12.7 Å². The Kier molecular flexibility index (Phi) is 4.79. The third-order valence-electron chi connectivity index (χ3n) is 4.31. The molecule has 0 amide bonds. The summed E-state index contributed by atoms with van der Waals surface area (Å²) in [7, 11) is -1.66. The van der Waals surface area contributed by atoms with Crippen molar-refractivity contribution in [3.05, 3.63) is 91.0 Å². The summed E-state index contributed by atoms with van der Waals surface area (Å²) in [6.07, 6.45) is 0. The predicted molar refractivity (Wildman–Crippen MR) is 108 cm³/mol. The minimum Gasteiger partial charge on any atom is -0.422 e. The molecule has 1 aromatic heterocycles. The summed E-state index contributed by atoms with van der Waals surface area (Å²) in [6, 6.07) is 29.2. The molecule has 4 aromatic rings. The van der Waals surface area contributed by atoms with Crippen LogP contribution >= 0.6 is 0 Å². The Morgan fingerprint density at radius 3 is 1.81 bits per heavy atom. The summed E-state index contributed by atoms with van der Waals surface area (Å²) in [5, 5.41) is 19.3. The van der Waals surface area contributed by atoms with E-state index in [1.54, 1.807) is 6.07 Å². The first-order valence-electron chi connectivity index (χ1n) is 8.67. The second-order valence-corrected chi connectivity index (χ2v) is 6.19. The number of aromatic nitrogens is 2. The maximum Gasteiger partial charge on any atom is 0.508 e. The van der Waals surface area contributed by atoms with Gasteiger partial charge in [0.25, 0.3) is 0 Å². The molecular weight excluding hydrogens is 335 g/mol. The summed E-state index contributed by atoms with van der Waals surface area (Å²) in [6.45, 7) is 0. The Bertz CT molecular complexity index is 1050. The van der Waals surface area contributed by atoms with Gasteiger partial charge in [0.2, 0.25) is 0 Å². The van der Waals surface area contributed by atoms with Gasteiger partial charge in [0, 0.05) is 11.1 Å². The van der Waals surface area contributed by atoms with E-state index in [1.165, 1.54) is 0 Å². The second-order valence-electron chi connectivity index (χ2n) is 6.19. The van der Waals surface area contributed by atoms with Gasteiger partial charge in [-0.3, -0.25) is 0 Å². The second kappa shape index (κ2) is 7.54. The van der Waals surface area contributed by atoms with Crippen LogP contribution in [0.3, 0.4) is 0 Å². The molecule has 130 valence electrons. The maximum atomic E-state index is 9.66. The van der Waals surface area contributed by atoms with Crippen LogP contribution in [0.1, 0.15) is 0 Å². The van der Waals surface area contributed by atoms with E-state index in [0.717, 1.165) is 22.3 Å². The van der Waals surface area contributed by atoms with Gasteiger partial charge in [-0.25, -0.2) is 9.97 Å². The van der Waals surface area contributed by atoms with Gasteiger partial charge in [-0.1, -0.05) is 78.9 Å². The summed E-state index contributed by atoms with van der Waals surface area (Å²) < 4.78 is 0. The number of hydrogen-bond donors (Lipinski definition) is 2. The molecule has 0 unspecified atom stereocenters. The highest BCUT2D eigenvalue weighted by Gasteiger charge is 2.17. The molecule has 0 atom stereocenters. The molecular formula is C22H17BN2O2. The minimum atomic E-state index is -1.66. The van der Waals surface area contributed by atoms with Gasteiger partial charge in [-0.15, -0.1) is 0 Å². The third kappa shape index (κ3) is 3.79. The van der Waals surface area contributed by atoms with E-state index in [2.05, 4.69) is 9.97 Å². The lowest BCUT2D eigenvalue weighted by molar-refractivity contribution is 0.424. The average Bonchev–Trinajstić information content (AvgIpc) is 2.75. The van der Waals surface area contributed by atoms with Crippen molar-refractivity contribution in [1.82, 2.24) is 9.97 Å². The highest BCUT2D eigenvalue weighted by atomic mass is 16.4. The van der Waals surface area contributed by atoms with Gasteiger partial charge < -0.3 is 10.0 Å². The fourth-order valence-electron chi connectivity index (χ4n) is 2.95. The first kappa shape index (κ1) is 17.2. The summed E-state index contributed by atoms with van der Waals surface area (Å²) in [5.74, 6) is 0.456. The molecule has 0 spiro atoms. The molecule has 5 heteroatoms. The fraction of sp³-hybridized carbons (Fsp3) is 0. The van der Waals surface area contributed by atoms with E-state index < -0.39 is 7.12 Å². The van der Waals surface area contributed by atoms with E-state index in [0.29, 0.717) is 11.5 Å². The van der Waals surface area contributed by atoms with Crippen LogP contribution in [0.25, 0.3) is 33.8 Å². The van der Waals surface area contributed by atoms with E-state index in [9.17, 15) is 10.0 Å². The molecule has 0 aliphatic rings. The van der Waals surface area contributed by atoms with Crippen LogP contribution in [0, 0.1) is 0 Å². The predicted octanol–water partition coefficient (Wildman–Crippen LogP) is 3.16. The first-order chi connectivity index (χ1) is 13.2. The van der Waals surface area contributed by atoms with Gasteiger partial charge in [0.05, 0.1) is 11.3 Å². The molecule has 0 saturated carbocycles. The van der Waals surface area contributed by atoms with Crippen molar-refractivity contribution in [2.75, 3.05) is 0 Å². The molecule has 4 nitrogen and oxygen atoms in total. The van der Waals surface area contributed by atoms with Crippen molar-refractivity contribution in [2.24, 2.45) is 0 Å². The topological polar surface area (TPSA) is 66.2 Å². The molecule has 0 radical (unpaired) electrons. The smallest absolute Gasteiger partial charge is 0.422 e. The average molecular weight is 352 g/mol. The number of benzene rings is 3. The molecule has 4 rings (SSSR count). The lowest BCUT2D eigenvalue weighted by atomic mass is 9.85. The zero-order valence-electron chi connectivity index (χ0n) is 14.5. The molecule has 0 aliphatic carbocycles. The lowest BCUT2D eigenvalue weighted by Crippen LogP contribution is -2.33. The highest BCUT2D eigenvalue weighted by molar-refractivity contribution is 6.57. The SMILES string of the molecule is OB(O)c1cc(-c2ccccc2)nc(-c2cccc(-c3ccccc3)c2)n1. The maximum absolute atomic E-state index is 9.66. The Morgan fingerprint density at radius 2 is 1.15 bits per heavy atom. The van der Waals surface area contributed by atoms with Crippen LogP contribution in [0.5, 0.6) is 0 Å². The Balaban J connectivity index is 1.83. The molecule has 0 bridgehead atoms. The van der Waals surface area contributed by atoms with Crippen LogP contribution in [-0.4, -0.2) is 27.1 Å². The van der Waals surface area contributed by atoms with Gasteiger partial charge >= 0.3 is 7.12 Å². The zero-order chi connectivity index (χ0) is 18.6. The quantitative estimate of drug-likeness (QED) is 0.554. The van der Waals surface area contributed by atoms with E-state index in [1.807, 2.05) is 84.9 Å². The summed E-state index contributed by atoms with van der Waals surface area (Å²) in [5.41, 5.74) is 4.67. The van der Waals surface area contributed by atoms with Gasteiger partial charge in [0.15, 0.2) is 5.82 Å². The zero-order valence-corrected chi connectivity index (χ0v) is 14.5. The number of hydrogen-bond acceptors (Lipinski definition) is 4. The fourth-order valence-corrected chi connectivity index (χ4v) is 2.95. The van der Waals surface area contributed by atoms with Crippen LogP contribution in [0.4, 0.5) is 0 Å². The van der Waals surface area contributed by atoms with Gasteiger partial charge in [0.1, 0.15) is 0 Å². The Morgan fingerprint density at radius 1 is 0.556 bits per heavy atom. The van der Waals surface area contributed by atoms with Crippen molar-refractivity contribution < 1.29 is 10.0 Å². The molecule has 0 saturated heterocycles. The van der Waals surface area contributed by atoms with Gasteiger partial charge in [-0.05, 0) is 23.3 Å². The highest BCUT2D eigenvalue weighted by Crippen LogP contribution is 2.25. The summed E-state index contributed by atoms with van der Waals surface area (Å²) in [4.78, 5) is 9.01. The molecule has 0 aliphatic heterocycles. The molecule has 1 heterocycles. The molecule has 0 fully saturated rings. The third-order valence-corrected chi connectivity index (χ3v) is 4.31. The van der Waals surface area contributed by atoms with Crippen molar-refractivity contribution in [3.8, 4) is 33.8 Å². The van der Waals surface area contributed by atoms with Crippen molar-refractivity contribution in [3.63, 3.8) is 0 Å². The van der Waals surface area contributed by atoms with Crippen LogP contribution < -0.4 is 5.59 Å². The number of nitrogens with zero attached hydrogens (tertiary/aromatic N) is 2. The molecule has 27 heavy (non-hydrogen) atoms. The Labute approximate surface area is 158 Å². The number of rotatable bonds is 4. The standard InChI is InChI=1S/C22H17BN2O2/c26-23(27)21-15-20(17-10-5-2-6-11-17)24-22(25-21)19-13-7-12-18(14-19)16-8-3-1-4-9-16/h1-15,26-27H. The van der Waals surface area contributed by atoms with Crippen molar-refractivity contribution in [1.29, 1.82) is 0 Å². The largest absolute Gasteiger partial charge is 0.508 e.